The number of rotatable bonds is 3. The Bertz CT molecular complexity index is 344. The van der Waals surface area contributed by atoms with E-state index >= 15 is 0 Å². The van der Waals surface area contributed by atoms with E-state index in [1.165, 1.54) is 0 Å². The smallest absolute Gasteiger partial charge is 0.0827 e. The summed E-state index contributed by atoms with van der Waals surface area (Å²) in [5, 5.41) is 10.5. The van der Waals surface area contributed by atoms with Gasteiger partial charge in [0.25, 0.3) is 0 Å². The number of aliphatic hydroxyl groups is 1. The van der Waals surface area contributed by atoms with Crippen LogP contribution in [0.1, 0.15) is 30.6 Å². The van der Waals surface area contributed by atoms with Gasteiger partial charge < -0.3 is 5.11 Å². The molecule has 0 heterocycles. The van der Waals surface area contributed by atoms with Crippen LogP contribution >= 0.6 is 11.6 Å². The summed E-state index contributed by atoms with van der Waals surface area (Å²) in [7, 11) is 0. The summed E-state index contributed by atoms with van der Waals surface area (Å²) in [6, 6.07) is 5.58. The van der Waals surface area contributed by atoms with Gasteiger partial charge in [-0.15, -0.1) is 6.58 Å². The van der Waals surface area contributed by atoms with E-state index in [9.17, 15) is 5.11 Å². The normalized spacial score (nSPS) is 12.6. The Morgan fingerprint density at radius 3 is 2.71 bits per heavy atom. The molecule has 2 heteroatoms. The minimum absolute atomic E-state index is 0.469. The van der Waals surface area contributed by atoms with Gasteiger partial charge in [-0.3, -0.25) is 0 Å². The third-order valence-corrected chi connectivity index (χ3v) is 2.53. The van der Waals surface area contributed by atoms with E-state index in [0.29, 0.717) is 6.42 Å². The predicted octanol–water partition coefficient (Wildman–Crippen LogP) is 3.65. The van der Waals surface area contributed by atoms with Gasteiger partial charge in [0, 0.05) is 5.02 Å². The van der Waals surface area contributed by atoms with Crippen molar-refractivity contribution >= 4 is 11.6 Å². The molecule has 0 aliphatic rings. The van der Waals surface area contributed by atoms with Crippen molar-refractivity contribution in [2.75, 3.05) is 0 Å². The molecule has 0 spiro atoms. The van der Waals surface area contributed by atoms with Crippen LogP contribution in [0.2, 0.25) is 5.02 Å². The molecule has 1 unspecified atom stereocenters. The van der Waals surface area contributed by atoms with Crippen LogP contribution in [-0.2, 0) is 0 Å². The maximum Gasteiger partial charge on any atom is 0.0827 e. The lowest BCUT2D eigenvalue weighted by molar-refractivity contribution is 0.178. The van der Waals surface area contributed by atoms with Crippen LogP contribution < -0.4 is 0 Å². The number of aryl methyl sites for hydroxylation is 1. The van der Waals surface area contributed by atoms with E-state index in [1.807, 2.05) is 32.0 Å². The fraction of sp³-hybridized carbons (Fsp3) is 0.333. The fourth-order valence-electron chi connectivity index (χ4n) is 1.32. The molecule has 0 saturated carbocycles. The highest BCUT2D eigenvalue weighted by molar-refractivity contribution is 6.31. The van der Waals surface area contributed by atoms with E-state index in [0.717, 1.165) is 21.7 Å². The molecule has 76 valence electrons. The van der Waals surface area contributed by atoms with E-state index in [2.05, 4.69) is 6.58 Å². The second-order valence-electron chi connectivity index (χ2n) is 3.69. The monoisotopic (exact) mass is 210 g/mol. The lowest BCUT2D eigenvalue weighted by atomic mass is 10.0. The number of hydrogen-bond donors (Lipinski definition) is 1. The Morgan fingerprint density at radius 1 is 1.57 bits per heavy atom. The maximum atomic E-state index is 9.80. The Labute approximate surface area is 90.0 Å². The minimum Gasteiger partial charge on any atom is -0.388 e. The van der Waals surface area contributed by atoms with Crippen LogP contribution in [0.15, 0.2) is 30.4 Å². The van der Waals surface area contributed by atoms with Crippen LogP contribution in [0.25, 0.3) is 0 Å². The highest BCUT2D eigenvalue weighted by Crippen LogP contribution is 2.24. The van der Waals surface area contributed by atoms with E-state index in [1.54, 1.807) is 0 Å². The first-order chi connectivity index (χ1) is 6.50. The Balaban J connectivity index is 2.85. The van der Waals surface area contributed by atoms with Gasteiger partial charge in [0.2, 0.25) is 0 Å². The van der Waals surface area contributed by atoms with Crippen LogP contribution in [0.4, 0.5) is 0 Å². The van der Waals surface area contributed by atoms with Crippen molar-refractivity contribution in [1.29, 1.82) is 0 Å². The number of hydrogen-bond acceptors (Lipinski definition) is 1. The average Bonchev–Trinajstić information content (AvgIpc) is 2.08. The molecule has 0 aliphatic heterocycles. The van der Waals surface area contributed by atoms with Gasteiger partial charge in [-0.1, -0.05) is 29.3 Å². The van der Waals surface area contributed by atoms with Crippen molar-refractivity contribution < 1.29 is 5.11 Å². The largest absolute Gasteiger partial charge is 0.388 e. The highest BCUT2D eigenvalue weighted by atomic mass is 35.5. The van der Waals surface area contributed by atoms with Crippen molar-refractivity contribution in [3.05, 3.63) is 46.5 Å². The molecule has 1 rings (SSSR count). The van der Waals surface area contributed by atoms with Gasteiger partial charge in [0.1, 0.15) is 0 Å². The first-order valence-corrected chi connectivity index (χ1v) is 4.97. The van der Waals surface area contributed by atoms with Crippen LogP contribution in [0.3, 0.4) is 0 Å². The molecule has 0 fully saturated rings. The predicted molar refractivity (Wildman–Crippen MR) is 60.6 cm³/mol. The molecular weight excluding hydrogens is 196 g/mol. The SMILES string of the molecule is C=C(C)CC(O)c1ccc(Cl)c(C)c1. The van der Waals surface area contributed by atoms with Crippen molar-refractivity contribution in [3.8, 4) is 0 Å². The molecule has 1 aromatic carbocycles. The zero-order valence-corrected chi connectivity index (χ0v) is 9.30. The summed E-state index contributed by atoms with van der Waals surface area (Å²) in [4.78, 5) is 0. The van der Waals surface area contributed by atoms with Crippen molar-refractivity contribution in [3.63, 3.8) is 0 Å². The van der Waals surface area contributed by atoms with Crippen molar-refractivity contribution in [1.82, 2.24) is 0 Å². The zero-order valence-electron chi connectivity index (χ0n) is 8.55. The summed E-state index contributed by atoms with van der Waals surface area (Å²) < 4.78 is 0. The standard InChI is InChI=1S/C12H15ClO/c1-8(2)6-12(14)10-4-5-11(13)9(3)7-10/h4-5,7,12,14H,1,6H2,2-3H3. The number of aliphatic hydroxyl groups excluding tert-OH is 1. The average molecular weight is 211 g/mol. The second kappa shape index (κ2) is 4.63. The van der Waals surface area contributed by atoms with Crippen LogP contribution in [-0.4, -0.2) is 5.11 Å². The minimum atomic E-state index is -0.469. The van der Waals surface area contributed by atoms with E-state index in [4.69, 9.17) is 11.6 Å². The summed E-state index contributed by atoms with van der Waals surface area (Å²) >= 11 is 5.89. The van der Waals surface area contributed by atoms with Gasteiger partial charge in [0.05, 0.1) is 6.10 Å². The summed E-state index contributed by atoms with van der Waals surface area (Å²) in [6.07, 6.45) is 0.129. The van der Waals surface area contributed by atoms with Gasteiger partial charge in [-0.25, -0.2) is 0 Å². The van der Waals surface area contributed by atoms with Crippen molar-refractivity contribution in [2.24, 2.45) is 0 Å². The van der Waals surface area contributed by atoms with Gasteiger partial charge in [-0.2, -0.15) is 0 Å². The lowest BCUT2D eigenvalue weighted by Crippen LogP contribution is -1.98. The van der Waals surface area contributed by atoms with Gasteiger partial charge >= 0.3 is 0 Å². The molecule has 1 atom stereocenters. The highest BCUT2D eigenvalue weighted by Gasteiger charge is 2.08. The summed E-state index contributed by atoms with van der Waals surface area (Å²) in [5.41, 5.74) is 2.87. The lowest BCUT2D eigenvalue weighted by Gasteiger charge is -2.11. The molecule has 1 nitrogen and oxygen atoms in total. The maximum absolute atomic E-state index is 9.80. The quantitative estimate of drug-likeness (QED) is 0.756. The third kappa shape index (κ3) is 2.86. The number of benzene rings is 1. The molecule has 0 aliphatic carbocycles. The molecule has 0 saturated heterocycles. The molecule has 0 aromatic heterocycles. The molecule has 1 N–H and O–H groups in total. The Kier molecular flexibility index (Phi) is 3.73. The molecular formula is C12H15ClO. The zero-order chi connectivity index (χ0) is 10.7. The van der Waals surface area contributed by atoms with Gasteiger partial charge in [0.15, 0.2) is 0 Å². The summed E-state index contributed by atoms with van der Waals surface area (Å²) in [5.74, 6) is 0. The second-order valence-corrected chi connectivity index (χ2v) is 4.09. The van der Waals surface area contributed by atoms with E-state index < -0.39 is 6.10 Å². The first kappa shape index (κ1) is 11.3. The first-order valence-electron chi connectivity index (χ1n) is 4.59. The molecule has 14 heavy (non-hydrogen) atoms. The molecule has 0 bridgehead atoms. The van der Waals surface area contributed by atoms with Gasteiger partial charge in [-0.05, 0) is 37.5 Å². The molecule has 0 radical (unpaired) electrons. The van der Waals surface area contributed by atoms with Crippen molar-refractivity contribution in [2.45, 2.75) is 26.4 Å². The Morgan fingerprint density at radius 2 is 2.21 bits per heavy atom. The number of halogens is 1. The molecule has 1 aromatic rings. The van der Waals surface area contributed by atoms with Crippen LogP contribution in [0.5, 0.6) is 0 Å². The third-order valence-electron chi connectivity index (χ3n) is 2.11. The molecule has 0 amide bonds. The summed E-state index contributed by atoms with van der Waals surface area (Å²) in [6.45, 7) is 7.61. The Hall–Kier alpha value is -0.790. The van der Waals surface area contributed by atoms with Crippen LogP contribution in [0, 0.1) is 6.92 Å². The fourth-order valence-corrected chi connectivity index (χ4v) is 1.44. The topological polar surface area (TPSA) is 20.2 Å². The van der Waals surface area contributed by atoms with E-state index in [-0.39, 0.29) is 0 Å².